The van der Waals surface area contributed by atoms with Crippen LogP contribution in [-0.4, -0.2) is 53.4 Å². The van der Waals surface area contributed by atoms with E-state index in [1.54, 1.807) is 0 Å². The fourth-order valence-corrected chi connectivity index (χ4v) is 6.20. The second-order valence-corrected chi connectivity index (χ2v) is 12.9. The Bertz CT molecular complexity index is 1720. The Morgan fingerprint density at radius 3 is 1.20 bits per heavy atom. The van der Waals surface area contributed by atoms with Crippen molar-refractivity contribution in [2.45, 2.75) is 22.9 Å². The van der Waals surface area contributed by atoms with Gasteiger partial charge in [-0.2, -0.15) is 0 Å². The van der Waals surface area contributed by atoms with Crippen molar-refractivity contribution in [2.75, 3.05) is 6.61 Å². The van der Waals surface area contributed by atoms with Crippen LogP contribution in [0.2, 0.25) is 20.1 Å². The molecule has 1 fully saturated rings. The molecule has 0 amide bonds. The summed E-state index contributed by atoms with van der Waals surface area (Å²) in [6, 6.07) is 24.0. The Morgan fingerprint density at radius 1 is 0.478 bits per heavy atom. The molecule has 13 heteroatoms. The molecule has 1 saturated heterocycles. The summed E-state index contributed by atoms with van der Waals surface area (Å²) in [6.07, 6.45) is -2.55. The minimum Gasteiger partial charge on any atom is -0.461 e. The number of ether oxygens (including phenoxy) is 4. The maximum absolute atomic E-state index is 13.3. The normalized spacial score (nSPS) is 18.8. The third-order valence-corrected chi connectivity index (χ3v) is 9.07. The maximum atomic E-state index is 13.3. The molecule has 0 radical (unpaired) electrons. The molecule has 8 nitrogen and oxygen atoms in total. The van der Waals surface area contributed by atoms with Crippen molar-refractivity contribution in [1.82, 2.24) is 0 Å². The Labute approximate surface area is 287 Å². The Balaban J connectivity index is 1.45. The van der Waals surface area contributed by atoms with Gasteiger partial charge in [-0.25, -0.2) is 19.2 Å². The van der Waals surface area contributed by atoms with E-state index >= 15 is 0 Å². The lowest BCUT2D eigenvalue weighted by atomic mass is 10.1. The summed E-state index contributed by atoms with van der Waals surface area (Å²) in [5.41, 5.74) is -0.450. The molecular formula is C33H22Cl4O8S. The molecule has 0 N–H and O–H groups in total. The third kappa shape index (κ3) is 8.54. The molecule has 0 aromatic heterocycles. The van der Waals surface area contributed by atoms with Gasteiger partial charge in [0.2, 0.25) is 0 Å². The summed E-state index contributed by atoms with van der Waals surface area (Å²) >= 11 is 24.9. The summed E-state index contributed by atoms with van der Waals surface area (Å²) in [7, 11) is 0. The quantitative estimate of drug-likeness (QED) is 0.125. The molecule has 1 aliphatic rings. The smallest absolute Gasteiger partial charge is 0.339 e. The van der Waals surface area contributed by atoms with E-state index in [0.717, 1.165) is 11.8 Å². The van der Waals surface area contributed by atoms with Crippen LogP contribution < -0.4 is 0 Å². The highest BCUT2D eigenvalue weighted by Crippen LogP contribution is 2.40. The van der Waals surface area contributed by atoms with Gasteiger partial charge in [-0.1, -0.05) is 46.4 Å². The van der Waals surface area contributed by atoms with Crippen molar-refractivity contribution in [3.8, 4) is 0 Å². The number of benzene rings is 4. The van der Waals surface area contributed by atoms with Gasteiger partial charge in [0, 0.05) is 20.1 Å². The monoisotopic (exact) mass is 718 g/mol. The van der Waals surface area contributed by atoms with Crippen molar-refractivity contribution in [2.24, 2.45) is 0 Å². The van der Waals surface area contributed by atoms with Gasteiger partial charge in [-0.3, -0.25) is 0 Å². The summed E-state index contributed by atoms with van der Waals surface area (Å²) in [5, 5.41) is 0.827. The first-order valence-corrected chi connectivity index (χ1v) is 16.0. The van der Waals surface area contributed by atoms with Crippen LogP contribution in [0.15, 0.2) is 97.1 Å². The van der Waals surface area contributed by atoms with Crippen LogP contribution in [0.1, 0.15) is 41.4 Å². The SMILES string of the molecule is O=C(OC[C@@H]1SC(OC(=O)c2ccc(Cl)cc2)[C@@H](OC(=O)c2ccc(Cl)cc2)[C@H]1OC(=O)c1ccc(Cl)cc1)c1ccc(Cl)cc1. The van der Waals surface area contributed by atoms with E-state index in [-0.39, 0.29) is 28.9 Å². The van der Waals surface area contributed by atoms with Crippen LogP contribution in [0.4, 0.5) is 0 Å². The number of halogens is 4. The summed E-state index contributed by atoms with van der Waals surface area (Å²) in [4.78, 5) is 52.6. The summed E-state index contributed by atoms with van der Waals surface area (Å²) in [5.74, 6) is -2.98. The predicted molar refractivity (Wildman–Crippen MR) is 175 cm³/mol. The highest BCUT2D eigenvalue weighted by Gasteiger charge is 2.52. The summed E-state index contributed by atoms with van der Waals surface area (Å²) < 4.78 is 23.1. The second-order valence-electron chi connectivity index (χ2n) is 9.81. The third-order valence-electron chi connectivity index (χ3n) is 6.68. The molecule has 4 aromatic rings. The van der Waals surface area contributed by atoms with Crippen LogP contribution >= 0.6 is 58.2 Å². The van der Waals surface area contributed by atoms with Gasteiger partial charge < -0.3 is 18.9 Å². The molecule has 1 unspecified atom stereocenters. The largest absolute Gasteiger partial charge is 0.461 e. The molecule has 4 atom stereocenters. The Morgan fingerprint density at radius 2 is 0.804 bits per heavy atom. The van der Waals surface area contributed by atoms with Crippen LogP contribution in [0, 0.1) is 0 Å². The number of rotatable bonds is 9. The molecular weight excluding hydrogens is 698 g/mol. The first kappa shape index (κ1) is 33.6. The zero-order valence-electron chi connectivity index (χ0n) is 23.4. The lowest BCUT2D eigenvalue weighted by molar-refractivity contribution is -0.0607. The van der Waals surface area contributed by atoms with E-state index in [2.05, 4.69) is 0 Å². The topological polar surface area (TPSA) is 105 Å². The lowest BCUT2D eigenvalue weighted by Crippen LogP contribution is -2.42. The van der Waals surface area contributed by atoms with Gasteiger partial charge in [0.25, 0.3) is 0 Å². The fourth-order valence-electron chi connectivity index (χ4n) is 4.33. The van der Waals surface area contributed by atoms with Crippen molar-refractivity contribution in [3.63, 3.8) is 0 Å². The van der Waals surface area contributed by atoms with E-state index in [1.165, 1.54) is 97.1 Å². The number of hydrogen-bond acceptors (Lipinski definition) is 9. The van der Waals surface area contributed by atoms with Crippen molar-refractivity contribution in [1.29, 1.82) is 0 Å². The molecule has 0 saturated carbocycles. The first-order valence-electron chi connectivity index (χ1n) is 13.5. The van der Waals surface area contributed by atoms with E-state index in [1.807, 2.05) is 0 Å². The Kier molecular flexibility index (Phi) is 11.1. The van der Waals surface area contributed by atoms with E-state index in [4.69, 9.17) is 65.4 Å². The van der Waals surface area contributed by atoms with Crippen molar-refractivity contribution >= 4 is 82.0 Å². The van der Waals surface area contributed by atoms with Gasteiger partial charge >= 0.3 is 23.9 Å². The van der Waals surface area contributed by atoms with Crippen LogP contribution in [0.25, 0.3) is 0 Å². The number of hydrogen-bond donors (Lipinski definition) is 0. The van der Waals surface area contributed by atoms with Gasteiger partial charge in [-0.05, 0) is 97.1 Å². The molecule has 0 spiro atoms. The maximum Gasteiger partial charge on any atom is 0.339 e. The van der Waals surface area contributed by atoms with Gasteiger partial charge in [0.05, 0.1) is 27.5 Å². The van der Waals surface area contributed by atoms with Crippen LogP contribution in [0.3, 0.4) is 0 Å². The van der Waals surface area contributed by atoms with Gasteiger partial charge in [0.15, 0.2) is 17.6 Å². The zero-order valence-corrected chi connectivity index (χ0v) is 27.3. The molecule has 5 rings (SSSR count). The molecule has 1 aliphatic heterocycles. The van der Waals surface area contributed by atoms with Crippen molar-refractivity contribution < 1.29 is 38.1 Å². The number of carbonyl (C=O) groups excluding carboxylic acids is 4. The number of esters is 4. The van der Waals surface area contributed by atoms with E-state index in [9.17, 15) is 19.2 Å². The molecule has 0 bridgehead atoms. The van der Waals surface area contributed by atoms with E-state index in [0.29, 0.717) is 20.1 Å². The Hall–Kier alpha value is -3.73. The van der Waals surface area contributed by atoms with Crippen LogP contribution in [0.5, 0.6) is 0 Å². The highest BCUT2D eigenvalue weighted by molar-refractivity contribution is 8.00. The molecule has 4 aromatic carbocycles. The second kappa shape index (κ2) is 15.2. The number of thioether (sulfide) groups is 1. The number of carbonyl (C=O) groups is 4. The minimum atomic E-state index is -1.32. The fraction of sp³-hybridized carbons (Fsp3) is 0.152. The van der Waals surface area contributed by atoms with E-state index < -0.39 is 46.8 Å². The van der Waals surface area contributed by atoms with Crippen LogP contribution in [-0.2, 0) is 18.9 Å². The summed E-state index contributed by atoms with van der Waals surface area (Å²) in [6.45, 7) is -0.297. The lowest BCUT2D eigenvalue weighted by Gasteiger charge is -2.25. The molecule has 236 valence electrons. The first-order chi connectivity index (χ1) is 22.1. The standard InChI is InChI=1S/C33H22Cl4O8S/c34-22-9-1-18(2-10-22)29(38)42-17-26-27(43-30(39)19-3-11-23(35)12-4-19)28(44-31(40)20-5-13-24(36)14-6-20)33(46-26)45-32(41)21-7-15-25(37)16-8-21/h1-16,26-28,33H,17H2/t26-,27-,28-,33?/m0/s1. The average molecular weight is 720 g/mol. The zero-order chi connectivity index (χ0) is 32.8. The molecule has 1 heterocycles. The highest BCUT2D eigenvalue weighted by atomic mass is 35.5. The predicted octanol–water partition coefficient (Wildman–Crippen LogP) is 8.21. The molecule has 46 heavy (non-hydrogen) atoms. The van der Waals surface area contributed by atoms with Gasteiger partial charge in [0.1, 0.15) is 6.61 Å². The minimum absolute atomic E-state index is 0.151. The molecule has 0 aliphatic carbocycles. The average Bonchev–Trinajstić information content (AvgIpc) is 3.35. The van der Waals surface area contributed by atoms with Gasteiger partial charge in [-0.15, -0.1) is 11.8 Å². The van der Waals surface area contributed by atoms with Crippen molar-refractivity contribution in [3.05, 3.63) is 139 Å².